The van der Waals surface area contributed by atoms with Crippen molar-refractivity contribution in [3.63, 3.8) is 0 Å². The lowest BCUT2D eigenvalue weighted by atomic mass is 9.74. The molecule has 0 spiro atoms. The maximum absolute atomic E-state index is 11.9. The second-order valence-electron chi connectivity index (χ2n) is 5.03. The first kappa shape index (κ1) is 16.4. The van der Waals surface area contributed by atoms with E-state index in [4.69, 9.17) is 5.21 Å². The highest BCUT2D eigenvalue weighted by Gasteiger charge is 2.35. The first-order valence-corrected chi connectivity index (χ1v) is 7.11. The van der Waals surface area contributed by atoms with Crippen molar-refractivity contribution in [3.05, 3.63) is 0 Å². The number of carbonyl (C=O) groups excluding carboxylic acids is 1. The molecule has 17 heavy (non-hydrogen) atoms. The molecule has 0 unspecified atom stereocenters. The number of nitrogens with one attached hydrogen (secondary N) is 1. The molecule has 0 rings (SSSR count). The molecule has 3 heteroatoms. The lowest BCUT2D eigenvalue weighted by molar-refractivity contribution is -0.141. The van der Waals surface area contributed by atoms with Gasteiger partial charge in [-0.05, 0) is 19.3 Å². The summed E-state index contributed by atoms with van der Waals surface area (Å²) < 4.78 is 0. The van der Waals surface area contributed by atoms with Gasteiger partial charge in [0.15, 0.2) is 0 Å². The van der Waals surface area contributed by atoms with Crippen LogP contribution in [0.3, 0.4) is 0 Å². The van der Waals surface area contributed by atoms with Crippen molar-refractivity contribution >= 4 is 5.91 Å². The van der Waals surface area contributed by atoms with Crippen LogP contribution in [0.25, 0.3) is 0 Å². The van der Waals surface area contributed by atoms with Gasteiger partial charge in [0, 0.05) is 0 Å². The zero-order chi connectivity index (χ0) is 13.1. The van der Waals surface area contributed by atoms with E-state index in [1.54, 1.807) is 0 Å². The highest BCUT2D eigenvalue weighted by Crippen LogP contribution is 2.36. The van der Waals surface area contributed by atoms with E-state index in [1.165, 1.54) is 19.3 Å². The number of hydrogen-bond donors (Lipinski definition) is 2. The van der Waals surface area contributed by atoms with Crippen LogP contribution >= 0.6 is 0 Å². The van der Waals surface area contributed by atoms with E-state index in [0.29, 0.717) is 0 Å². The van der Waals surface area contributed by atoms with Crippen LogP contribution in [0.4, 0.5) is 0 Å². The minimum atomic E-state index is -0.341. The van der Waals surface area contributed by atoms with Crippen LogP contribution in [0.15, 0.2) is 0 Å². The van der Waals surface area contributed by atoms with Crippen LogP contribution < -0.4 is 5.48 Å². The van der Waals surface area contributed by atoms with E-state index < -0.39 is 0 Å². The Kier molecular flexibility index (Phi) is 9.14. The molecule has 2 N–H and O–H groups in total. The molecule has 0 fully saturated rings. The van der Waals surface area contributed by atoms with Gasteiger partial charge in [0.1, 0.15) is 0 Å². The van der Waals surface area contributed by atoms with Crippen LogP contribution in [-0.2, 0) is 4.79 Å². The molecular formula is C14H29NO2. The summed E-state index contributed by atoms with van der Waals surface area (Å²) in [7, 11) is 0. The van der Waals surface area contributed by atoms with Gasteiger partial charge >= 0.3 is 0 Å². The molecular weight excluding hydrogens is 214 g/mol. The number of carbonyl (C=O) groups is 1. The van der Waals surface area contributed by atoms with E-state index in [2.05, 4.69) is 20.8 Å². The van der Waals surface area contributed by atoms with E-state index in [9.17, 15) is 4.79 Å². The summed E-state index contributed by atoms with van der Waals surface area (Å²) in [6, 6.07) is 0. The summed E-state index contributed by atoms with van der Waals surface area (Å²) in [5, 5.41) is 8.93. The molecule has 0 saturated carbocycles. The third-order valence-corrected chi connectivity index (χ3v) is 3.55. The Morgan fingerprint density at radius 1 is 0.941 bits per heavy atom. The summed E-state index contributed by atoms with van der Waals surface area (Å²) in [4.78, 5) is 11.9. The lowest BCUT2D eigenvalue weighted by Gasteiger charge is -2.31. The highest BCUT2D eigenvalue weighted by molar-refractivity contribution is 5.81. The topological polar surface area (TPSA) is 49.3 Å². The van der Waals surface area contributed by atoms with Crippen molar-refractivity contribution < 1.29 is 10.0 Å². The van der Waals surface area contributed by atoms with Crippen LogP contribution in [0.2, 0.25) is 0 Å². The van der Waals surface area contributed by atoms with Gasteiger partial charge < -0.3 is 0 Å². The number of hydrogen-bond acceptors (Lipinski definition) is 2. The van der Waals surface area contributed by atoms with Gasteiger partial charge in [0.05, 0.1) is 5.41 Å². The predicted molar refractivity (Wildman–Crippen MR) is 70.9 cm³/mol. The molecule has 0 radical (unpaired) electrons. The monoisotopic (exact) mass is 243 g/mol. The fourth-order valence-corrected chi connectivity index (χ4v) is 2.68. The van der Waals surface area contributed by atoms with Crippen molar-refractivity contribution in [2.75, 3.05) is 0 Å². The summed E-state index contributed by atoms with van der Waals surface area (Å²) in [5.41, 5.74) is 1.54. The molecule has 0 aromatic carbocycles. The van der Waals surface area contributed by atoms with Gasteiger partial charge in [-0.3, -0.25) is 10.0 Å². The average molecular weight is 243 g/mol. The maximum Gasteiger partial charge on any atom is 0.249 e. The average Bonchev–Trinajstić information content (AvgIpc) is 2.34. The molecule has 0 aliphatic rings. The van der Waals surface area contributed by atoms with Crippen molar-refractivity contribution in [3.8, 4) is 0 Å². The highest BCUT2D eigenvalue weighted by atomic mass is 16.5. The molecule has 0 aromatic rings. The Balaban J connectivity index is 4.48. The first-order chi connectivity index (χ1) is 8.16. The van der Waals surface area contributed by atoms with Crippen molar-refractivity contribution in [2.24, 2.45) is 5.41 Å². The van der Waals surface area contributed by atoms with Crippen molar-refractivity contribution in [1.29, 1.82) is 0 Å². The van der Waals surface area contributed by atoms with E-state index in [0.717, 1.165) is 38.5 Å². The Hall–Kier alpha value is -0.570. The third kappa shape index (κ3) is 5.53. The van der Waals surface area contributed by atoms with Gasteiger partial charge in [-0.25, -0.2) is 5.48 Å². The molecule has 102 valence electrons. The lowest BCUT2D eigenvalue weighted by Crippen LogP contribution is -2.39. The molecule has 0 heterocycles. The molecule has 0 atom stereocenters. The van der Waals surface area contributed by atoms with E-state index in [1.807, 2.05) is 5.48 Å². The number of amides is 1. The molecule has 1 amide bonds. The summed E-state index contributed by atoms with van der Waals surface area (Å²) in [5.74, 6) is -0.183. The summed E-state index contributed by atoms with van der Waals surface area (Å²) >= 11 is 0. The zero-order valence-electron chi connectivity index (χ0n) is 11.7. The van der Waals surface area contributed by atoms with Gasteiger partial charge in [-0.1, -0.05) is 59.3 Å². The molecule has 0 aliphatic heterocycles. The number of unbranched alkanes of at least 4 members (excludes halogenated alkanes) is 3. The summed E-state index contributed by atoms with van der Waals surface area (Å²) in [6.07, 6.45) is 9.34. The Bertz CT molecular complexity index is 198. The SMILES string of the molecule is CCCCCCC(CCC)(CCC)C(=O)NO. The minimum absolute atomic E-state index is 0.183. The maximum atomic E-state index is 11.9. The molecule has 0 bridgehead atoms. The van der Waals surface area contributed by atoms with E-state index >= 15 is 0 Å². The molecule has 0 saturated heterocycles. The van der Waals surface area contributed by atoms with Gasteiger partial charge in [-0.15, -0.1) is 0 Å². The zero-order valence-corrected chi connectivity index (χ0v) is 11.7. The van der Waals surface area contributed by atoms with Gasteiger partial charge in [0.2, 0.25) is 5.91 Å². The normalized spacial score (nSPS) is 11.5. The standard InChI is InChI=1S/C14H29NO2/c1-4-7-8-9-12-14(10-5-2,11-6-3)13(16)15-17/h17H,4-12H2,1-3H3,(H,15,16). The fraction of sp³-hybridized carbons (Fsp3) is 0.929. The smallest absolute Gasteiger partial charge is 0.249 e. The van der Waals surface area contributed by atoms with Crippen LogP contribution in [-0.4, -0.2) is 11.1 Å². The molecule has 0 aromatic heterocycles. The minimum Gasteiger partial charge on any atom is -0.289 e. The van der Waals surface area contributed by atoms with Crippen LogP contribution in [0.1, 0.15) is 78.6 Å². The van der Waals surface area contributed by atoms with Gasteiger partial charge in [-0.2, -0.15) is 0 Å². The second-order valence-corrected chi connectivity index (χ2v) is 5.03. The largest absolute Gasteiger partial charge is 0.289 e. The number of rotatable bonds is 10. The van der Waals surface area contributed by atoms with Crippen molar-refractivity contribution in [2.45, 2.75) is 78.6 Å². The third-order valence-electron chi connectivity index (χ3n) is 3.55. The van der Waals surface area contributed by atoms with E-state index in [-0.39, 0.29) is 11.3 Å². The quantitative estimate of drug-likeness (QED) is 0.345. The van der Waals surface area contributed by atoms with Crippen LogP contribution in [0, 0.1) is 5.41 Å². The van der Waals surface area contributed by atoms with Crippen molar-refractivity contribution in [1.82, 2.24) is 5.48 Å². The van der Waals surface area contributed by atoms with Crippen LogP contribution in [0.5, 0.6) is 0 Å². The Morgan fingerprint density at radius 3 is 1.94 bits per heavy atom. The fourth-order valence-electron chi connectivity index (χ4n) is 2.68. The first-order valence-electron chi connectivity index (χ1n) is 7.11. The predicted octanol–water partition coefficient (Wildman–Crippen LogP) is 4.05. The Labute approximate surface area is 106 Å². The Morgan fingerprint density at radius 2 is 1.53 bits per heavy atom. The second kappa shape index (κ2) is 9.46. The summed E-state index contributed by atoms with van der Waals surface area (Å²) in [6.45, 7) is 6.38. The molecule has 0 aliphatic carbocycles. The number of hydroxylamine groups is 1. The molecule has 3 nitrogen and oxygen atoms in total. The van der Waals surface area contributed by atoms with Gasteiger partial charge in [0.25, 0.3) is 0 Å².